The molecular weight excluding hydrogens is 247 g/mol. The molecule has 0 atom stereocenters. The van der Waals surface area contributed by atoms with Gasteiger partial charge in [-0.2, -0.15) is 18.3 Å². The van der Waals surface area contributed by atoms with Crippen molar-refractivity contribution in [1.82, 2.24) is 15.4 Å². The normalized spacial score (nSPS) is 12.2. The highest BCUT2D eigenvalue weighted by Crippen LogP contribution is 2.33. The SMILES string of the molecule is FC(F)(F)c1ccc2c(-c3ccno3)n[nH]c2c1. The van der Waals surface area contributed by atoms with E-state index in [1.54, 1.807) is 6.07 Å². The fourth-order valence-corrected chi connectivity index (χ4v) is 1.72. The van der Waals surface area contributed by atoms with Gasteiger partial charge in [-0.3, -0.25) is 5.10 Å². The van der Waals surface area contributed by atoms with Crippen molar-refractivity contribution in [2.75, 3.05) is 0 Å². The minimum Gasteiger partial charge on any atom is -0.355 e. The average Bonchev–Trinajstić information content (AvgIpc) is 2.95. The standard InChI is InChI=1S/C11H6F3N3O/c12-11(13,14)6-1-2-7-8(5-6)16-17-10(7)9-3-4-15-18-9/h1-5H,(H,16,17). The molecule has 0 bridgehead atoms. The average molecular weight is 253 g/mol. The zero-order valence-electron chi connectivity index (χ0n) is 8.82. The summed E-state index contributed by atoms with van der Waals surface area (Å²) in [5, 5.41) is 10.6. The van der Waals surface area contributed by atoms with E-state index in [2.05, 4.69) is 15.4 Å². The minimum atomic E-state index is -4.37. The lowest BCUT2D eigenvalue weighted by molar-refractivity contribution is -0.137. The molecule has 3 rings (SSSR count). The number of aromatic nitrogens is 3. The molecule has 18 heavy (non-hydrogen) atoms. The van der Waals surface area contributed by atoms with Crippen LogP contribution in [0.5, 0.6) is 0 Å². The third-order valence-corrected chi connectivity index (χ3v) is 2.56. The lowest BCUT2D eigenvalue weighted by Gasteiger charge is -2.05. The van der Waals surface area contributed by atoms with Crippen molar-refractivity contribution in [3.05, 3.63) is 36.0 Å². The molecule has 0 aliphatic rings. The van der Waals surface area contributed by atoms with Gasteiger partial charge < -0.3 is 4.52 Å². The lowest BCUT2D eigenvalue weighted by Crippen LogP contribution is -2.04. The molecule has 0 aliphatic heterocycles. The first-order valence-corrected chi connectivity index (χ1v) is 5.02. The Bertz CT molecular complexity index is 685. The van der Waals surface area contributed by atoms with Gasteiger partial charge in [0, 0.05) is 11.5 Å². The minimum absolute atomic E-state index is 0.302. The van der Waals surface area contributed by atoms with E-state index in [4.69, 9.17) is 4.52 Å². The summed E-state index contributed by atoms with van der Waals surface area (Å²) in [6.45, 7) is 0. The number of nitrogens with zero attached hydrogens (tertiary/aromatic N) is 2. The maximum Gasteiger partial charge on any atom is 0.416 e. The van der Waals surface area contributed by atoms with E-state index in [1.165, 1.54) is 12.3 Å². The Morgan fingerprint density at radius 2 is 2.00 bits per heavy atom. The van der Waals surface area contributed by atoms with Crippen LogP contribution in [0, 0.1) is 0 Å². The largest absolute Gasteiger partial charge is 0.416 e. The number of hydrogen-bond donors (Lipinski definition) is 1. The molecule has 0 saturated heterocycles. The van der Waals surface area contributed by atoms with Gasteiger partial charge in [0.25, 0.3) is 0 Å². The van der Waals surface area contributed by atoms with Gasteiger partial charge in [-0.1, -0.05) is 5.16 Å². The molecule has 4 nitrogen and oxygen atoms in total. The summed E-state index contributed by atoms with van der Waals surface area (Å²) in [5.74, 6) is 0.404. The van der Waals surface area contributed by atoms with Crippen LogP contribution in [0.4, 0.5) is 13.2 Å². The Morgan fingerprint density at radius 1 is 1.17 bits per heavy atom. The predicted octanol–water partition coefficient (Wildman–Crippen LogP) is 3.24. The molecule has 0 aliphatic carbocycles. The summed E-state index contributed by atoms with van der Waals surface area (Å²) < 4.78 is 42.5. The van der Waals surface area contributed by atoms with Crippen LogP contribution in [0.25, 0.3) is 22.4 Å². The number of nitrogens with one attached hydrogen (secondary N) is 1. The van der Waals surface area contributed by atoms with Gasteiger partial charge >= 0.3 is 6.18 Å². The number of halogens is 3. The fourth-order valence-electron chi connectivity index (χ4n) is 1.72. The van der Waals surface area contributed by atoms with Crippen molar-refractivity contribution in [3.63, 3.8) is 0 Å². The quantitative estimate of drug-likeness (QED) is 0.724. The van der Waals surface area contributed by atoms with E-state index in [0.29, 0.717) is 22.4 Å². The van der Waals surface area contributed by atoms with E-state index in [9.17, 15) is 13.2 Å². The molecule has 0 unspecified atom stereocenters. The van der Waals surface area contributed by atoms with Crippen molar-refractivity contribution in [3.8, 4) is 11.5 Å². The Morgan fingerprint density at radius 3 is 2.67 bits per heavy atom. The number of H-pyrrole nitrogens is 1. The second kappa shape index (κ2) is 3.59. The Hall–Kier alpha value is -2.31. The van der Waals surface area contributed by atoms with E-state index in [-0.39, 0.29) is 0 Å². The molecule has 0 radical (unpaired) electrons. The van der Waals surface area contributed by atoms with Gasteiger partial charge in [-0.25, -0.2) is 0 Å². The Kier molecular flexibility index (Phi) is 2.16. The summed E-state index contributed by atoms with van der Waals surface area (Å²) in [6.07, 6.45) is -2.92. The van der Waals surface area contributed by atoms with E-state index < -0.39 is 11.7 Å². The van der Waals surface area contributed by atoms with Gasteiger partial charge in [-0.15, -0.1) is 0 Å². The van der Waals surface area contributed by atoms with Crippen molar-refractivity contribution in [2.45, 2.75) is 6.18 Å². The van der Waals surface area contributed by atoms with Gasteiger partial charge in [0.05, 0.1) is 17.3 Å². The summed E-state index contributed by atoms with van der Waals surface area (Å²) in [5.41, 5.74) is 0.0234. The molecule has 0 fully saturated rings. The van der Waals surface area contributed by atoms with Gasteiger partial charge in [0.2, 0.25) is 0 Å². The Balaban J connectivity index is 2.17. The molecule has 92 valence electrons. The zero-order chi connectivity index (χ0) is 12.8. The summed E-state index contributed by atoms with van der Waals surface area (Å²) >= 11 is 0. The van der Waals surface area contributed by atoms with Crippen LogP contribution in [-0.4, -0.2) is 15.4 Å². The molecule has 0 saturated carbocycles. The number of alkyl halides is 3. The van der Waals surface area contributed by atoms with Crippen molar-refractivity contribution in [1.29, 1.82) is 0 Å². The maximum absolute atomic E-state index is 12.5. The highest BCUT2D eigenvalue weighted by molar-refractivity contribution is 5.91. The lowest BCUT2D eigenvalue weighted by atomic mass is 10.1. The van der Waals surface area contributed by atoms with Crippen LogP contribution in [0.2, 0.25) is 0 Å². The highest BCUT2D eigenvalue weighted by Gasteiger charge is 2.31. The van der Waals surface area contributed by atoms with Crippen LogP contribution < -0.4 is 0 Å². The van der Waals surface area contributed by atoms with Gasteiger partial charge in [0.15, 0.2) is 5.76 Å². The highest BCUT2D eigenvalue weighted by atomic mass is 19.4. The first kappa shape index (κ1) is 10.8. The third-order valence-electron chi connectivity index (χ3n) is 2.56. The van der Waals surface area contributed by atoms with E-state index in [1.807, 2.05) is 0 Å². The molecular formula is C11H6F3N3O. The van der Waals surface area contributed by atoms with Crippen LogP contribution >= 0.6 is 0 Å². The van der Waals surface area contributed by atoms with Gasteiger partial charge in [-0.05, 0) is 18.2 Å². The van der Waals surface area contributed by atoms with E-state index >= 15 is 0 Å². The number of aromatic amines is 1. The van der Waals surface area contributed by atoms with Crippen molar-refractivity contribution >= 4 is 10.9 Å². The molecule has 0 spiro atoms. The van der Waals surface area contributed by atoms with Crippen LogP contribution in [0.1, 0.15) is 5.56 Å². The first-order valence-electron chi connectivity index (χ1n) is 5.02. The number of benzene rings is 1. The van der Waals surface area contributed by atoms with Crippen molar-refractivity contribution in [2.24, 2.45) is 0 Å². The van der Waals surface area contributed by atoms with Crippen LogP contribution in [-0.2, 0) is 6.18 Å². The van der Waals surface area contributed by atoms with Gasteiger partial charge in [0.1, 0.15) is 5.69 Å². The summed E-state index contributed by atoms with van der Waals surface area (Å²) in [6, 6.07) is 4.98. The first-order chi connectivity index (χ1) is 8.55. The molecule has 2 aromatic heterocycles. The number of hydrogen-bond acceptors (Lipinski definition) is 3. The summed E-state index contributed by atoms with van der Waals surface area (Å²) in [7, 11) is 0. The number of fused-ring (bicyclic) bond motifs is 1. The molecule has 3 aromatic rings. The number of rotatable bonds is 1. The summed E-state index contributed by atoms with van der Waals surface area (Å²) in [4.78, 5) is 0. The smallest absolute Gasteiger partial charge is 0.355 e. The Labute approximate surface area is 98.4 Å². The molecule has 2 heterocycles. The molecule has 0 amide bonds. The topological polar surface area (TPSA) is 54.7 Å². The monoisotopic (exact) mass is 253 g/mol. The van der Waals surface area contributed by atoms with Crippen LogP contribution in [0.3, 0.4) is 0 Å². The second-order valence-electron chi connectivity index (χ2n) is 3.71. The zero-order valence-corrected chi connectivity index (χ0v) is 8.82. The third kappa shape index (κ3) is 1.64. The molecule has 1 aromatic carbocycles. The predicted molar refractivity (Wildman–Crippen MR) is 56.6 cm³/mol. The van der Waals surface area contributed by atoms with Crippen LogP contribution in [0.15, 0.2) is 35.0 Å². The van der Waals surface area contributed by atoms with Crippen molar-refractivity contribution < 1.29 is 17.7 Å². The fraction of sp³-hybridized carbons (Fsp3) is 0.0909. The molecule has 1 N–H and O–H groups in total. The molecule has 7 heteroatoms. The second-order valence-corrected chi connectivity index (χ2v) is 3.71. The maximum atomic E-state index is 12.5. The van der Waals surface area contributed by atoms with E-state index in [0.717, 1.165) is 12.1 Å².